The molecule has 6 aliphatic rings. The summed E-state index contributed by atoms with van der Waals surface area (Å²) in [6.45, 7) is 30.2. The molecule has 19 heteroatoms. The first kappa shape index (κ1) is 76.3. The molecule has 12 unspecified atom stereocenters. The second-order valence-electron chi connectivity index (χ2n) is 28.9. The molecule has 6 heterocycles. The predicted octanol–water partition coefficient (Wildman–Crippen LogP) is 12.4. The Kier molecular flexibility index (Phi) is 28.2. The van der Waals surface area contributed by atoms with Gasteiger partial charge in [-0.1, -0.05) is 211 Å². The SMILES string of the molecule is CCC1O[C@H](OCC2O[C@@H](O[C@@H]3C(COCc4ccccc4)O[C@@H](OCc4ccccc4)C(C)[C@H]3C)C(OCc3ccccc3)[C@@H](O[C@@H]3OC(CC)[C@H](C)[C@@H](C)C3O[C@@H]3OC(CC)[C@@H](O[C@@H]4OC(COCc5ccccc5)[C@H](C)[C@H](C)C4OC(C)=O)[C@H](C)C3C)[C@@H]2O)C(O)[C@@H](C)[C@@H]1C. The Morgan fingerprint density at radius 2 is 0.704 bits per heavy atom. The van der Waals surface area contributed by atoms with Crippen LogP contribution in [0.1, 0.15) is 138 Å². The molecule has 4 aromatic carbocycles. The Morgan fingerprint density at radius 1 is 0.327 bits per heavy atom. The van der Waals surface area contributed by atoms with Gasteiger partial charge in [0.2, 0.25) is 0 Å². The molecule has 30 atom stereocenters. The van der Waals surface area contributed by atoms with Crippen molar-refractivity contribution >= 4 is 5.97 Å². The molecule has 0 spiro atoms. The Bertz CT molecular complexity index is 2950. The summed E-state index contributed by atoms with van der Waals surface area (Å²) in [4.78, 5) is 12.8. The monoisotopic (exact) mass is 1370 g/mol. The summed E-state index contributed by atoms with van der Waals surface area (Å²) in [5.41, 5.74) is 3.96. The molecule has 4 aromatic rings. The predicted molar refractivity (Wildman–Crippen MR) is 366 cm³/mol. The number of carbonyl (C=O) groups is 1. The van der Waals surface area contributed by atoms with E-state index >= 15 is 0 Å². The van der Waals surface area contributed by atoms with Crippen molar-refractivity contribution in [3.63, 3.8) is 0 Å². The summed E-state index contributed by atoms with van der Waals surface area (Å²) in [6, 6.07) is 39.9. The van der Waals surface area contributed by atoms with Gasteiger partial charge in [0, 0.05) is 24.7 Å². The van der Waals surface area contributed by atoms with Gasteiger partial charge in [-0.15, -0.1) is 0 Å². The molecule has 6 fully saturated rings. The van der Waals surface area contributed by atoms with Crippen molar-refractivity contribution in [2.24, 2.45) is 59.2 Å². The van der Waals surface area contributed by atoms with E-state index in [0.29, 0.717) is 39.3 Å². The summed E-state index contributed by atoms with van der Waals surface area (Å²) >= 11 is 0. The first-order valence-electron chi connectivity index (χ1n) is 36.5. The van der Waals surface area contributed by atoms with Crippen LogP contribution in [0.2, 0.25) is 0 Å². The first-order valence-corrected chi connectivity index (χ1v) is 36.5. The standard InChI is InChI=1S/C79H114O19/c1-15-60-45(4)48(7)66(81)76(89-60)87-44-64-67(82)72(73(85-40-58-34-26-20-27-35-58)79(93-64)96-69-51(10)53(12)74(86-41-59-36-28-21-29-37-59)94-65(69)43-84-39-57-32-24-19-25-33-57)98-78-71(49(8)46(5)61(16-2)90-78)97-75-54(13)52(11)68(62(17-3)91-75)95-77-70(88-55(14)80)50(9)47(6)63(92-77)42-83-38-56-30-22-18-23-31-56/h18-37,45-54,60-79,81-82H,15-17,38-44H2,1-14H3/t45-,46+,47+,48-,49+,50-,51+,52+,53?,54?,60?,61?,62?,63?,64?,65?,66?,67+,68-,69-,70?,71?,72-,73?,74+,75-,76-,77-,78-,79-/m0/s1. The van der Waals surface area contributed by atoms with Crippen LogP contribution in [0.5, 0.6) is 0 Å². The van der Waals surface area contributed by atoms with E-state index in [0.717, 1.165) is 28.7 Å². The third-order valence-electron chi connectivity index (χ3n) is 22.5. The van der Waals surface area contributed by atoms with Gasteiger partial charge in [0.05, 0.1) is 82.9 Å². The Morgan fingerprint density at radius 3 is 1.24 bits per heavy atom. The average molecular weight is 1370 g/mol. The van der Waals surface area contributed by atoms with E-state index in [2.05, 4.69) is 83.1 Å². The second-order valence-corrected chi connectivity index (χ2v) is 28.9. The summed E-state index contributed by atoms with van der Waals surface area (Å²) in [5.74, 6) is -1.58. The van der Waals surface area contributed by atoms with Crippen molar-refractivity contribution < 1.29 is 90.8 Å². The van der Waals surface area contributed by atoms with Crippen molar-refractivity contribution in [2.45, 2.75) is 266 Å². The fourth-order valence-corrected chi connectivity index (χ4v) is 15.1. The zero-order valence-corrected chi connectivity index (χ0v) is 60.3. The lowest BCUT2D eigenvalue weighted by atomic mass is 9.81. The van der Waals surface area contributed by atoms with E-state index in [-0.39, 0.29) is 97.3 Å². The maximum atomic E-state index is 13.2. The van der Waals surface area contributed by atoms with Crippen LogP contribution in [0, 0.1) is 59.2 Å². The molecule has 98 heavy (non-hydrogen) atoms. The minimum absolute atomic E-state index is 0.00662. The van der Waals surface area contributed by atoms with Crippen molar-refractivity contribution in [3.05, 3.63) is 144 Å². The van der Waals surface area contributed by atoms with Gasteiger partial charge in [-0.2, -0.15) is 0 Å². The van der Waals surface area contributed by atoms with E-state index < -0.39 is 111 Å². The molecule has 6 saturated heterocycles. The number of aliphatic hydroxyl groups is 2. The van der Waals surface area contributed by atoms with Gasteiger partial charge in [0.1, 0.15) is 42.7 Å². The Labute approximate surface area is 582 Å². The topological polar surface area (TPSA) is 205 Å². The smallest absolute Gasteiger partial charge is 0.303 e. The van der Waals surface area contributed by atoms with E-state index in [1.165, 1.54) is 6.92 Å². The number of hydrogen-bond donors (Lipinski definition) is 2. The van der Waals surface area contributed by atoms with E-state index in [1.807, 2.05) is 128 Å². The minimum atomic E-state index is -1.43. The highest BCUT2D eigenvalue weighted by Gasteiger charge is 2.57. The normalized spacial score (nSPS) is 40.0. The summed E-state index contributed by atoms with van der Waals surface area (Å²) in [5, 5.41) is 25.0. The number of carbonyl (C=O) groups excluding carboxylic acids is 1. The molecule has 0 saturated carbocycles. The van der Waals surface area contributed by atoms with E-state index in [1.54, 1.807) is 0 Å². The molecule has 10 rings (SSSR count). The van der Waals surface area contributed by atoms with Crippen LogP contribution in [0.25, 0.3) is 0 Å². The molecule has 19 nitrogen and oxygen atoms in total. The van der Waals surface area contributed by atoms with Gasteiger partial charge in [-0.3, -0.25) is 4.79 Å². The van der Waals surface area contributed by atoms with Crippen LogP contribution in [-0.4, -0.2) is 159 Å². The second kappa shape index (κ2) is 36.2. The van der Waals surface area contributed by atoms with Crippen LogP contribution in [0.15, 0.2) is 121 Å². The van der Waals surface area contributed by atoms with Crippen LogP contribution in [0.3, 0.4) is 0 Å². The third-order valence-corrected chi connectivity index (χ3v) is 22.5. The number of hydrogen-bond acceptors (Lipinski definition) is 19. The Balaban J connectivity index is 0.950. The van der Waals surface area contributed by atoms with Gasteiger partial charge in [0.25, 0.3) is 0 Å². The van der Waals surface area contributed by atoms with Gasteiger partial charge >= 0.3 is 5.97 Å². The zero-order valence-electron chi connectivity index (χ0n) is 60.3. The lowest BCUT2D eigenvalue weighted by molar-refractivity contribution is -0.393. The van der Waals surface area contributed by atoms with Crippen LogP contribution in [-0.2, 0) is 107 Å². The molecular weight excluding hydrogens is 1250 g/mol. The molecule has 0 aromatic heterocycles. The summed E-state index contributed by atoms with van der Waals surface area (Å²) < 4.78 is 110. The van der Waals surface area contributed by atoms with Gasteiger partial charge < -0.3 is 86.0 Å². The van der Waals surface area contributed by atoms with Gasteiger partial charge in [-0.05, 0) is 82.9 Å². The average Bonchev–Trinajstić information content (AvgIpc) is 0.787. The molecular formula is C79H114O19. The van der Waals surface area contributed by atoms with Crippen molar-refractivity contribution in [1.82, 2.24) is 0 Å². The number of ether oxygens (including phenoxy) is 16. The van der Waals surface area contributed by atoms with Crippen LogP contribution >= 0.6 is 0 Å². The van der Waals surface area contributed by atoms with Gasteiger partial charge in [-0.25, -0.2) is 0 Å². The summed E-state index contributed by atoms with van der Waals surface area (Å²) in [7, 11) is 0. The zero-order chi connectivity index (χ0) is 69.7. The molecule has 0 amide bonds. The molecule has 544 valence electrons. The van der Waals surface area contributed by atoms with Crippen LogP contribution in [0.4, 0.5) is 0 Å². The van der Waals surface area contributed by atoms with Crippen molar-refractivity contribution in [2.75, 3.05) is 19.8 Å². The quantitative estimate of drug-likeness (QED) is 0.0485. The Hall–Kier alpha value is -4.33. The largest absolute Gasteiger partial charge is 0.457 e. The highest BCUT2D eigenvalue weighted by Crippen LogP contribution is 2.45. The number of esters is 1. The lowest BCUT2D eigenvalue weighted by Gasteiger charge is -2.52. The maximum absolute atomic E-state index is 13.2. The lowest BCUT2D eigenvalue weighted by Crippen LogP contribution is -2.65. The highest BCUT2D eigenvalue weighted by molar-refractivity contribution is 5.66. The highest BCUT2D eigenvalue weighted by atomic mass is 16.8. The fraction of sp³-hybridized carbons (Fsp3) is 0.684. The molecule has 0 aliphatic carbocycles. The van der Waals surface area contributed by atoms with Crippen molar-refractivity contribution in [1.29, 1.82) is 0 Å². The summed E-state index contributed by atoms with van der Waals surface area (Å²) in [6.07, 6.45) is -14.0. The van der Waals surface area contributed by atoms with Gasteiger partial charge in [0.15, 0.2) is 43.8 Å². The first-order chi connectivity index (χ1) is 47.3. The molecule has 6 aliphatic heterocycles. The maximum Gasteiger partial charge on any atom is 0.303 e. The minimum Gasteiger partial charge on any atom is -0.457 e. The fourth-order valence-electron chi connectivity index (χ4n) is 15.1. The van der Waals surface area contributed by atoms with E-state index in [9.17, 15) is 15.0 Å². The third kappa shape index (κ3) is 18.7. The number of rotatable bonds is 29. The van der Waals surface area contributed by atoms with Crippen molar-refractivity contribution in [3.8, 4) is 0 Å². The van der Waals surface area contributed by atoms with Crippen LogP contribution < -0.4 is 0 Å². The number of benzene rings is 4. The molecule has 2 N–H and O–H groups in total. The van der Waals surface area contributed by atoms with E-state index in [4.69, 9.17) is 75.8 Å². The molecule has 0 radical (unpaired) electrons. The molecule has 0 bridgehead atoms. The number of aliphatic hydroxyl groups excluding tert-OH is 2.